The van der Waals surface area contributed by atoms with Gasteiger partial charge in [-0.25, -0.2) is 8.78 Å². The lowest BCUT2D eigenvalue weighted by molar-refractivity contribution is -0.124. The van der Waals surface area contributed by atoms with E-state index in [4.69, 9.17) is 4.74 Å². The van der Waals surface area contributed by atoms with E-state index in [1.807, 2.05) is 30.3 Å². The number of hydrogen-bond acceptors (Lipinski definition) is 3. The third-order valence-electron chi connectivity index (χ3n) is 3.34. The second-order valence-corrected chi connectivity index (χ2v) is 4.87. The minimum Gasteiger partial charge on any atom is -0.375 e. The Kier molecular flexibility index (Phi) is 6.51. The van der Waals surface area contributed by atoms with Crippen molar-refractivity contribution in [1.82, 2.24) is 10.6 Å². The molecule has 2 atom stereocenters. The molecule has 4 nitrogen and oxygen atoms in total. The van der Waals surface area contributed by atoms with Gasteiger partial charge in [0.15, 0.2) is 0 Å². The number of halogens is 3. The molecule has 0 bridgehead atoms. The van der Waals surface area contributed by atoms with Crippen molar-refractivity contribution in [2.45, 2.75) is 24.5 Å². The van der Waals surface area contributed by atoms with Crippen LogP contribution in [0.4, 0.5) is 8.78 Å². The van der Waals surface area contributed by atoms with E-state index in [0.29, 0.717) is 0 Å². The van der Waals surface area contributed by atoms with E-state index in [-0.39, 0.29) is 25.1 Å². The molecule has 0 radical (unpaired) electrons. The number of amides is 1. The van der Waals surface area contributed by atoms with Crippen molar-refractivity contribution < 1.29 is 18.3 Å². The molecular weight excluding hydrogens is 302 g/mol. The molecule has 1 saturated heterocycles. The van der Waals surface area contributed by atoms with E-state index in [9.17, 15) is 13.6 Å². The van der Waals surface area contributed by atoms with Crippen LogP contribution in [0.3, 0.4) is 0 Å². The average molecular weight is 321 g/mol. The molecule has 1 fully saturated rings. The van der Waals surface area contributed by atoms with Gasteiger partial charge in [-0.3, -0.25) is 10.1 Å². The van der Waals surface area contributed by atoms with Gasteiger partial charge in [-0.2, -0.15) is 0 Å². The number of nitrogens with one attached hydrogen (secondary N) is 2. The van der Waals surface area contributed by atoms with Crippen molar-refractivity contribution in [3.05, 3.63) is 35.9 Å². The first-order valence-electron chi connectivity index (χ1n) is 6.48. The van der Waals surface area contributed by atoms with Crippen LogP contribution in [0.2, 0.25) is 0 Å². The second-order valence-electron chi connectivity index (χ2n) is 4.87. The second kappa shape index (κ2) is 7.68. The maximum atomic E-state index is 13.0. The van der Waals surface area contributed by atoms with Gasteiger partial charge in [-0.05, 0) is 5.56 Å². The molecule has 1 aromatic rings. The Labute approximate surface area is 128 Å². The predicted octanol–water partition coefficient (Wildman–Crippen LogP) is 1.91. The number of alkyl halides is 2. The van der Waals surface area contributed by atoms with Crippen LogP contribution >= 0.6 is 12.4 Å². The standard InChI is InChI=1S/C14H18F2N2O2.ClH/c1-20-12(10-5-3-2-4-6-10)8-17-13(19)11-7-14(15,16)9-18-11;/h2-6,11-12,18H,7-9H2,1H3,(H,17,19);1H. The van der Waals surface area contributed by atoms with E-state index >= 15 is 0 Å². The Hall–Kier alpha value is -1.24. The Bertz CT molecular complexity index is 460. The largest absolute Gasteiger partial charge is 0.375 e. The number of rotatable bonds is 5. The molecule has 1 aromatic carbocycles. The quantitative estimate of drug-likeness (QED) is 0.871. The van der Waals surface area contributed by atoms with E-state index < -0.39 is 30.8 Å². The highest BCUT2D eigenvalue weighted by Gasteiger charge is 2.42. The highest BCUT2D eigenvalue weighted by atomic mass is 35.5. The fraction of sp³-hybridized carbons (Fsp3) is 0.500. The van der Waals surface area contributed by atoms with Gasteiger partial charge in [-0.15, -0.1) is 12.4 Å². The maximum absolute atomic E-state index is 13.0. The third-order valence-corrected chi connectivity index (χ3v) is 3.34. The summed E-state index contributed by atoms with van der Waals surface area (Å²) in [6, 6.07) is 8.59. The number of carbonyl (C=O) groups is 1. The molecule has 1 aliphatic rings. The highest BCUT2D eigenvalue weighted by molar-refractivity contribution is 5.85. The molecule has 0 saturated carbocycles. The van der Waals surface area contributed by atoms with Crippen LogP contribution in [0.15, 0.2) is 30.3 Å². The molecule has 2 unspecified atom stereocenters. The lowest BCUT2D eigenvalue weighted by Gasteiger charge is -2.18. The molecule has 7 heteroatoms. The van der Waals surface area contributed by atoms with Crippen molar-refractivity contribution in [3.8, 4) is 0 Å². The first-order valence-corrected chi connectivity index (χ1v) is 6.48. The summed E-state index contributed by atoms with van der Waals surface area (Å²) in [7, 11) is 1.55. The molecule has 2 rings (SSSR count). The third kappa shape index (κ3) is 4.91. The zero-order valence-corrected chi connectivity index (χ0v) is 12.5. The number of ether oxygens (including phenoxy) is 1. The zero-order valence-electron chi connectivity index (χ0n) is 11.6. The van der Waals surface area contributed by atoms with E-state index in [0.717, 1.165) is 5.56 Å². The minimum absolute atomic E-state index is 0. The molecule has 0 aliphatic carbocycles. The summed E-state index contributed by atoms with van der Waals surface area (Å²) in [5, 5.41) is 5.18. The Morgan fingerprint density at radius 3 is 2.67 bits per heavy atom. The van der Waals surface area contributed by atoms with Crippen LogP contribution in [0.1, 0.15) is 18.1 Å². The van der Waals surface area contributed by atoms with Crippen molar-refractivity contribution >= 4 is 18.3 Å². The summed E-state index contributed by atoms with van der Waals surface area (Å²) in [4.78, 5) is 11.8. The molecule has 2 N–H and O–H groups in total. The SMILES string of the molecule is COC(CNC(=O)C1CC(F)(F)CN1)c1ccccc1.Cl. The molecule has 1 amide bonds. The lowest BCUT2D eigenvalue weighted by Crippen LogP contribution is -2.42. The summed E-state index contributed by atoms with van der Waals surface area (Å²) in [5.74, 6) is -3.22. The molecular formula is C14H19ClF2N2O2. The number of methoxy groups -OCH3 is 1. The van der Waals surface area contributed by atoms with Crippen LogP contribution in [-0.4, -0.2) is 38.1 Å². The van der Waals surface area contributed by atoms with Crippen molar-refractivity contribution in [2.75, 3.05) is 20.2 Å². The van der Waals surface area contributed by atoms with Gasteiger partial charge in [0, 0.05) is 20.1 Å². The van der Waals surface area contributed by atoms with Crippen molar-refractivity contribution in [2.24, 2.45) is 0 Å². The van der Waals surface area contributed by atoms with E-state index in [1.54, 1.807) is 7.11 Å². The van der Waals surface area contributed by atoms with Gasteiger partial charge in [0.1, 0.15) is 0 Å². The molecule has 0 spiro atoms. The van der Waals surface area contributed by atoms with Crippen LogP contribution < -0.4 is 10.6 Å². The molecule has 118 valence electrons. The molecule has 0 aromatic heterocycles. The summed E-state index contributed by atoms with van der Waals surface area (Å²) in [6.45, 7) is -0.194. The minimum atomic E-state index is -2.80. The highest BCUT2D eigenvalue weighted by Crippen LogP contribution is 2.25. The maximum Gasteiger partial charge on any atom is 0.262 e. The monoisotopic (exact) mass is 320 g/mol. The molecule has 1 aliphatic heterocycles. The van der Waals surface area contributed by atoms with Crippen LogP contribution in [0.25, 0.3) is 0 Å². The molecule has 21 heavy (non-hydrogen) atoms. The summed E-state index contributed by atoms with van der Waals surface area (Å²) in [5.41, 5.74) is 0.931. The smallest absolute Gasteiger partial charge is 0.262 e. The van der Waals surface area contributed by atoms with Crippen LogP contribution in [0, 0.1) is 0 Å². The van der Waals surface area contributed by atoms with Crippen molar-refractivity contribution in [1.29, 1.82) is 0 Å². The van der Waals surface area contributed by atoms with E-state index in [2.05, 4.69) is 10.6 Å². The van der Waals surface area contributed by atoms with Crippen molar-refractivity contribution in [3.63, 3.8) is 0 Å². The van der Waals surface area contributed by atoms with Gasteiger partial charge >= 0.3 is 0 Å². The lowest BCUT2D eigenvalue weighted by atomic mass is 10.1. The first kappa shape index (κ1) is 17.8. The summed E-state index contributed by atoms with van der Waals surface area (Å²) >= 11 is 0. The number of hydrogen-bond donors (Lipinski definition) is 2. The summed E-state index contributed by atoms with van der Waals surface area (Å²) < 4.78 is 31.3. The Morgan fingerprint density at radius 2 is 2.14 bits per heavy atom. The van der Waals surface area contributed by atoms with Gasteiger partial charge in [0.2, 0.25) is 5.91 Å². The average Bonchev–Trinajstić information content (AvgIpc) is 2.81. The fourth-order valence-electron chi connectivity index (χ4n) is 2.22. The first-order chi connectivity index (χ1) is 9.52. The van der Waals surface area contributed by atoms with Gasteiger partial charge < -0.3 is 10.1 Å². The zero-order chi connectivity index (χ0) is 14.6. The molecule has 1 heterocycles. The van der Waals surface area contributed by atoms with Gasteiger partial charge in [0.05, 0.1) is 18.7 Å². The topological polar surface area (TPSA) is 50.4 Å². The predicted molar refractivity (Wildman–Crippen MR) is 77.8 cm³/mol. The number of carbonyl (C=O) groups excluding carboxylic acids is 1. The Balaban J connectivity index is 0.00000220. The van der Waals surface area contributed by atoms with Crippen LogP contribution in [0.5, 0.6) is 0 Å². The summed E-state index contributed by atoms with van der Waals surface area (Å²) in [6.07, 6.45) is -0.746. The normalized spacial score (nSPS) is 21.4. The van der Waals surface area contributed by atoms with Crippen LogP contribution in [-0.2, 0) is 9.53 Å². The van der Waals surface area contributed by atoms with Gasteiger partial charge in [0.25, 0.3) is 5.92 Å². The Morgan fingerprint density at radius 1 is 1.48 bits per heavy atom. The number of benzene rings is 1. The van der Waals surface area contributed by atoms with Gasteiger partial charge in [-0.1, -0.05) is 30.3 Å². The fourth-order valence-corrected chi connectivity index (χ4v) is 2.22. The van der Waals surface area contributed by atoms with E-state index in [1.165, 1.54) is 0 Å².